The Kier molecular flexibility index (Phi) is 4.81. The van der Waals surface area contributed by atoms with Crippen molar-refractivity contribution in [3.63, 3.8) is 0 Å². The molecular weight excluding hydrogens is 356 g/mol. The quantitative estimate of drug-likeness (QED) is 0.499. The molecule has 1 aromatic carbocycles. The summed E-state index contributed by atoms with van der Waals surface area (Å²) < 4.78 is 0. The van der Waals surface area contributed by atoms with Crippen LogP contribution in [0.5, 0.6) is 0 Å². The lowest BCUT2D eigenvalue weighted by molar-refractivity contribution is 0.123. The van der Waals surface area contributed by atoms with Gasteiger partial charge < -0.3 is 0 Å². The molecule has 1 aromatic rings. The Hall–Kier alpha value is -0.950. The first kappa shape index (κ1) is 19.0. The SMILES string of the molecule is CC[C@H]1CC=C2C3=C(CC[C@@]21C)[C@]1(C)C(CCCC1Sc1ccccc1)CC3. The molecule has 1 fully saturated rings. The van der Waals surface area contributed by atoms with Crippen LogP contribution in [-0.4, -0.2) is 5.25 Å². The Bertz CT molecular complexity index is 803. The molecule has 0 N–H and O–H groups in total. The number of hydrogen-bond acceptors (Lipinski definition) is 1. The number of allylic oxidation sites excluding steroid dienone is 4. The van der Waals surface area contributed by atoms with E-state index >= 15 is 0 Å². The van der Waals surface area contributed by atoms with E-state index in [9.17, 15) is 0 Å². The second-order valence-electron chi connectivity index (χ2n) is 10.2. The Balaban J connectivity index is 1.54. The van der Waals surface area contributed by atoms with Gasteiger partial charge in [0.2, 0.25) is 0 Å². The van der Waals surface area contributed by atoms with Gasteiger partial charge in [-0.1, -0.05) is 63.5 Å². The Morgan fingerprint density at radius 2 is 1.86 bits per heavy atom. The molecule has 0 bridgehead atoms. The van der Waals surface area contributed by atoms with E-state index in [4.69, 9.17) is 0 Å². The fourth-order valence-electron chi connectivity index (χ4n) is 7.44. The Labute approximate surface area is 176 Å². The molecule has 5 atom stereocenters. The van der Waals surface area contributed by atoms with Crippen molar-refractivity contribution >= 4 is 11.8 Å². The topological polar surface area (TPSA) is 0 Å². The molecule has 0 radical (unpaired) electrons. The highest BCUT2D eigenvalue weighted by atomic mass is 32.2. The van der Waals surface area contributed by atoms with Gasteiger partial charge in [0.1, 0.15) is 0 Å². The zero-order chi connectivity index (χ0) is 19.4. The van der Waals surface area contributed by atoms with Crippen molar-refractivity contribution in [1.29, 1.82) is 0 Å². The van der Waals surface area contributed by atoms with Crippen molar-refractivity contribution in [2.45, 2.75) is 88.7 Å². The predicted molar refractivity (Wildman–Crippen MR) is 122 cm³/mol. The summed E-state index contributed by atoms with van der Waals surface area (Å²) in [7, 11) is 0. The highest BCUT2D eigenvalue weighted by molar-refractivity contribution is 8.00. The van der Waals surface area contributed by atoms with Crippen molar-refractivity contribution in [3.8, 4) is 0 Å². The maximum absolute atomic E-state index is 2.67. The summed E-state index contributed by atoms with van der Waals surface area (Å²) in [6.45, 7) is 7.67. The number of benzene rings is 1. The van der Waals surface area contributed by atoms with Gasteiger partial charge in [0, 0.05) is 15.6 Å². The van der Waals surface area contributed by atoms with Gasteiger partial charge in [0.05, 0.1) is 0 Å². The van der Waals surface area contributed by atoms with E-state index in [1.807, 2.05) is 11.1 Å². The van der Waals surface area contributed by atoms with Crippen LogP contribution in [-0.2, 0) is 0 Å². The second kappa shape index (κ2) is 7.08. The molecule has 1 saturated carbocycles. The average molecular weight is 393 g/mol. The first-order chi connectivity index (χ1) is 13.6. The molecule has 0 heterocycles. The third-order valence-corrected chi connectivity index (χ3v) is 10.7. The van der Waals surface area contributed by atoms with E-state index in [1.165, 1.54) is 62.7 Å². The van der Waals surface area contributed by atoms with Gasteiger partial charge in [-0.05, 0) is 85.5 Å². The number of rotatable bonds is 3. The van der Waals surface area contributed by atoms with Crippen LogP contribution in [0.4, 0.5) is 0 Å². The van der Waals surface area contributed by atoms with E-state index in [-0.39, 0.29) is 0 Å². The van der Waals surface area contributed by atoms with E-state index in [0.717, 1.165) is 17.1 Å². The van der Waals surface area contributed by atoms with Gasteiger partial charge in [0.15, 0.2) is 0 Å². The fourth-order valence-corrected chi connectivity index (χ4v) is 8.94. The normalized spacial score (nSPS) is 39.8. The monoisotopic (exact) mass is 392 g/mol. The van der Waals surface area contributed by atoms with Crippen molar-refractivity contribution in [1.82, 2.24) is 0 Å². The van der Waals surface area contributed by atoms with Crippen molar-refractivity contribution in [2.75, 3.05) is 0 Å². The maximum Gasteiger partial charge on any atom is 0.0188 e. The van der Waals surface area contributed by atoms with Gasteiger partial charge in [-0.2, -0.15) is 0 Å². The lowest BCUT2D eigenvalue weighted by Gasteiger charge is -2.55. The van der Waals surface area contributed by atoms with E-state index in [0.29, 0.717) is 10.8 Å². The van der Waals surface area contributed by atoms with Crippen LogP contribution < -0.4 is 0 Å². The fraction of sp³-hybridized carbons (Fsp3) is 0.630. The summed E-state index contributed by atoms with van der Waals surface area (Å²) in [5, 5.41) is 0.743. The van der Waals surface area contributed by atoms with Crippen molar-refractivity contribution < 1.29 is 0 Å². The van der Waals surface area contributed by atoms with Crippen LogP contribution in [0.25, 0.3) is 0 Å². The standard InChI is InChI=1S/C27H36S/c1-4-19-14-16-23-22-15-13-20-9-8-12-25(28-21-10-6-5-7-11-21)27(20,3)24(22)17-18-26(19,23)2/h5-7,10-11,16,19-20,25H,4,8-9,12-15,17-18H2,1-3H3/t19-,20?,25?,26+,27-/m0/s1. The van der Waals surface area contributed by atoms with Crippen LogP contribution in [0.15, 0.2) is 58.0 Å². The van der Waals surface area contributed by atoms with Gasteiger partial charge >= 0.3 is 0 Å². The Morgan fingerprint density at radius 1 is 1.04 bits per heavy atom. The summed E-state index contributed by atoms with van der Waals surface area (Å²) >= 11 is 2.18. The van der Waals surface area contributed by atoms with Crippen LogP contribution in [0, 0.1) is 22.7 Å². The highest BCUT2D eigenvalue weighted by Crippen LogP contribution is 2.65. The van der Waals surface area contributed by atoms with Gasteiger partial charge in [-0.15, -0.1) is 11.8 Å². The summed E-state index contributed by atoms with van der Waals surface area (Å²) in [5.74, 6) is 1.78. The molecule has 150 valence electrons. The molecule has 4 aliphatic rings. The third kappa shape index (κ3) is 2.72. The van der Waals surface area contributed by atoms with Gasteiger partial charge in [-0.25, -0.2) is 0 Å². The Morgan fingerprint density at radius 3 is 2.64 bits per heavy atom. The minimum absolute atomic E-state index is 0.402. The molecule has 0 spiro atoms. The smallest absolute Gasteiger partial charge is 0.0188 e. The highest BCUT2D eigenvalue weighted by Gasteiger charge is 2.54. The molecule has 28 heavy (non-hydrogen) atoms. The van der Waals surface area contributed by atoms with E-state index < -0.39 is 0 Å². The summed E-state index contributed by atoms with van der Waals surface area (Å²) in [5.41, 5.74) is 6.36. The third-order valence-electron chi connectivity index (χ3n) is 9.15. The van der Waals surface area contributed by atoms with Gasteiger partial charge in [-0.3, -0.25) is 0 Å². The first-order valence-electron chi connectivity index (χ1n) is 11.7. The minimum atomic E-state index is 0.402. The average Bonchev–Trinajstić information content (AvgIpc) is 3.06. The molecular formula is C27H36S. The molecule has 0 nitrogen and oxygen atoms in total. The van der Waals surface area contributed by atoms with Crippen LogP contribution in [0.1, 0.15) is 78.6 Å². The number of fused-ring (bicyclic) bond motifs is 4. The zero-order valence-corrected chi connectivity index (χ0v) is 18.8. The molecule has 4 aliphatic carbocycles. The lowest BCUT2D eigenvalue weighted by atomic mass is 9.52. The molecule has 0 amide bonds. The van der Waals surface area contributed by atoms with Crippen LogP contribution in [0.2, 0.25) is 0 Å². The maximum atomic E-state index is 2.67. The molecule has 2 unspecified atom stereocenters. The first-order valence-corrected chi connectivity index (χ1v) is 12.6. The predicted octanol–water partition coefficient (Wildman–Crippen LogP) is 8.20. The molecule has 5 rings (SSSR count). The number of thioether (sulfide) groups is 1. The largest absolute Gasteiger partial charge is 0.122 e. The molecule has 0 aromatic heterocycles. The van der Waals surface area contributed by atoms with Crippen LogP contribution in [0.3, 0.4) is 0 Å². The lowest BCUT2D eigenvalue weighted by Crippen LogP contribution is -2.47. The van der Waals surface area contributed by atoms with Crippen molar-refractivity contribution in [3.05, 3.63) is 53.1 Å². The van der Waals surface area contributed by atoms with Crippen LogP contribution >= 0.6 is 11.8 Å². The van der Waals surface area contributed by atoms with Gasteiger partial charge in [0.25, 0.3) is 0 Å². The molecule has 0 saturated heterocycles. The van der Waals surface area contributed by atoms with E-state index in [2.05, 4.69) is 68.9 Å². The summed E-state index contributed by atoms with van der Waals surface area (Å²) in [6.07, 6.45) is 15.1. The van der Waals surface area contributed by atoms with E-state index in [1.54, 1.807) is 5.57 Å². The summed E-state index contributed by atoms with van der Waals surface area (Å²) in [6, 6.07) is 11.2. The zero-order valence-electron chi connectivity index (χ0n) is 18.0. The number of hydrogen-bond donors (Lipinski definition) is 0. The minimum Gasteiger partial charge on any atom is -0.122 e. The molecule has 1 heteroatoms. The summed E-state index contributed by atoms with van der Waals surface area (Å²) in [4.78, 5) is 1.47. The van der Waals surface area contributed by atoms with Crippen molar-refractivity contribution in [2.24, 2.45) is 22.7 Å². The molecule has 0 aliphatic heterocycles. The second-order valence-corrected chi connectivity index (χ2v) is 11.5.